The quantitative estimate of drug-likeness (QED) is 0.500. The predicted molar refractivity (Wildman–Crippen MR) is 106 cm³/mol. The van der Waals surface area contributed by atoms with Gasteiger partial charge in [-0.15, -0.1) is 0 Å². The zero-order valence-electron chi connectivity index (χ0n) is 17.1. The van der Waals surface area contributed by atoms with Crippen molar-refractivity contribution >= 4 is 14.0 Å². The molecule has 3 atom stereocenters. The van der Waals surface area contributed by atoms with E-state index in [1.807, 2.05) is 20.8 Å². The number of rotatable bonds is 4. The van der Waals surface area contributed by atoms with E-state index in [1.54, 1.807) is 26.0 Å². The van der Waals surface area contributed by atoms with Gasteiger partial charge >= 0.3 is 0 Å². The third kappa shape index (κ3) is 33.8. The van der Waals surface area contributed by atoms with Gasteiger partial charge in [0, 0.05) is 35.0 Å². The first-order valence-electron chi connectivity index (χ1n) is 8.87. The first kappa shape index (κ1) is 32.0. The molecular formula is C19H41O3SiZr-. The van der Waals surface area contributed by atoms with Gasteiger partial charge in [0.05, 0.1) is 18.3 Å². The van der Waals surface area contributed by atoms with Crippen LogP contribution in [-0.4, -0.2) is 42.4 Å². The molecule has 5 heteroatoms. The van der Waals surface area contributed by atoms with Crippen molar-refractivity contribution in [2.24, 2.45) is 0 Å². The fraction of sp³-hybridized carbons (Fsp3) is 0.737. The Labute approximate surface area is 171 Å². The van der Waals surface area contributed by atoms with E-state index in [9.17, 15) is 0 Å². The van der Waals surface area contributed by atoms with Crippen LogP contribution in [0, 0.1) is 0 Å². The molecule has 0 aliphatic carbocycles. The molecule has 3 unspecified atom stereocenters. The second kappa shape index (κ2) is 23.3. The van der Waals surface area contributed by atoms with Crippen molar-refractivity contribution in [1.82, 2.24) is 0 Å². The van der Waals surface area contributed by atoms with Crippen molar-refractivity contribution in [2.75, 3.05) is 0 Å². The Morgan fingerprint density at radius 3 is 1.04 bits per heavy atom. The first-order valence-corrected chi connectivity index (χ1v) is 11.8. The van der Waals surface area contributed by atoms with Crippen LogP contribution >= 0.6 is 0 Å². The molecule has 0 saturated carbocycles. The van der Waals surface area contributed by atoms with Crippen LogP contribution in [0.2, 0.25) is 13.1 Å². The number of aliphatic hydroxyl groups excluding tert-OH is 3. The largest absolute Gasteiger partial charge is 0.393 e. The summed E-state index contributed by atoms with van der Waals surface area (Å²) in [6.07, 6.45) is 2.24. The molecule has 1 aromatic carbocycles. The van der Waals surface area contributed by atoms with E-state index in [-0.39, 0.29) is 44.5 Å². The van der Waals surface area contributed by atoms with Crippen LogP contribution in [0.3, 0.4) is 0 Å². The second-order valence-corrected chi connectivity index (χ2v) is 9.12. The van der Waals surface area contributed by atoms with E-state index in [0.717, 1.165) is 19.3 Å². The van der Waals surface area contributed by atoms with Gasteiger partial charge in [-0.2, -0.15) is 17.3 Å². The molecule has 24 heavy (non-hydrogen) atoms. The summed E-state index contributed by atoms with van der Waals surface area (Å²) in [4.78, 5) is 0. The standard InChI is InChI=1S/C7H11Si.3C4H10O.Zr/c1-8(2)7-5-3-4-6-7;3*1-3-4(2)5;/h3-6,8H,1-2H3;3*4-5H,3H2,1-2H3;/q-1;;;;. The van der Waals surface area contributed by atoms with E-state index in [0.29, 0.717) is 0 Å². The second-order valence-electron chi connectivity index (χ2n) is 6.14. The molecule has 3 nitrogen and oxygen atoms in total. The number of hydrogen-bond donors (Lipinski definition) is 3. The SMILES string of the molecule is CCC(C)O.CCC(C)O.CCC(C)O.C[SiH](C)[c-]1cccc1.[Zr]. The Morgan fingerprint density at radius 2 is 0.958 bits per heavy atom. The topological polar surface area (TPSA) is 60.7 Å². The molecule has 0 bridgehead atoms. The summed E-state index contributed by atoms with van der Waals surface area (Å²) < 4.78 is 0. The zero-order valence-corrected chi connectivity index (χ0v) is 20.7. The third-order valence-electron chi connectivity index (χ3n) is 3.13. The number of hydrogen-bond acceptors (Lipinski definition) is 3. The van der Waals surface area contributed by atoms with E-state index in [1.165, 1.54) is 0 Å². The molecule has 0 aromatic heterocycles. The maximum atomic E-state index is 8.36. The maximum Gasteiger partial charge on any atom is 0.0509 e. The molecule has 1 aromatic rings. The molecule has 1 rings (SSSR count). The minimum atomic E-state index is -0.480. The van der Waals surface area contributed by atoms with Crippen LogP contribution < -0.4 is 5.19 Å². The van der Waals surface area contributed by atoms with Gasteiger partial charge in [0.1, 0.15) is 0 Å². The van der Waals surface area contributed by atoms with Gasteiger partial charge < -0.3 is 15.3 Å². The van der Waals surface area contributed by atoms with Gasteiger partial charge in [0.25, 0.3) is 0 Å². The van der Waals surface area contributed by atoms with E-state index in [2.05, 4.69) is 37.4 Å². The van der Waals surface area contributed by atoms with Crippen LogP contribution in [0.25, 0.3) is 0 Å². The van der Waals surface area contributed by atoms with Gasteiger partial charge in [-0.05, 0) is 40.0 Å². The van der Waals surface area contributed by atoms with Crippen molar-refractivity contribution in [2.45, 2.75) is 92.2 Å². The normalized spacial score (nSPS) is 12.8. The van der Waals surface area contributed by atoms with Crippen LogP contribution in [0.15, 0.2) is 24.3 Å². The molecule has 3 N–H and O–H groups in total. The van der Waals surface area contributed by atoms with Gasteiger partial charge in [0.15, 0.2) is 0 Å². The molecule has 0 radical (unpaired) electrons. The van der Waals surface area contributed by atoms with Crippen molar-refractivity contribution in [3.05, 3.63) is 24.3 Å². The summed E-state index contributed by atoms with van der Waals surface area (Å²) >= 11 is 0. The Bertz CT molecular complexity index is 281. The Balaban J connectivity index is -0.000000113. The summed E-state index contributed by atoms with van der Waals surface area (Å²) in [5.41, 5.74) is 0. The van der Waals surface area contributed by atoms with Crippen LogP contribution in [0.5, 0.6) is 0 Å². The predicted octanol–water partition coefficient (Wildman–Crippen LogP) is 3.43. The summed E-state index contributed by atoms with van der Waals surface area (Å²) in [7, 11) is -0.480. The molecule has 0 amide bonds. The van der Waals surface area contributed by atoms with E-state index >= 15 is 0 Å². The molecule has 0 heterocycles. The molecule has 0 spiro atoms. The van der Waals surface area contributed by atoms with Crippen molar-refractivity contribution < 1.29 is 41.5 Å². The molecule has 144 valence electrons. The summed E-state index contributed by atoms with van der Waals surface area (Å²) in [5.74, 6) is 0. The Hall–Kier alpha value is 0.330. The van der Waals surface area contributed by atoms with Gasteiger partial charge in [0.2, 0.25) is 0 Å². The van der Waals surface area contributed by atoms with Gasteiger partial charge in [-0.1, -0.05) is 33.9 Å². The van der Waals surface area contributed by atoms with E-state index < -0.39 is 8.80 Å². The fourth-order valence-corrected chi connectivity index (χ4v) is 1.77. The average Bonchev–Trinajstić information content (AvgIpc) is 3.03. The minimum absolute atomic E-state index is 0. The van der Waals surface area contributed by atoms with Crippen LogP contribution in [-0.2, 0) is 26.2 Å². The van der Waals surface area contributed by atoms with E-state index in [4.69, 9.17) is 15.3 Å². The molecular weight excluding hydrogens is 396 g/mol. The van der Waals surface area contributed by atoms with Gasteiger partial charge in [-0.25, -0.2) is 12.1 Å². The first-order chi connectivity index (χ1) is 10.6. The zero-order chi connectivity index (χ0) is 18.8. The van der Waals surface area contributed by atoms with Gasteiger partial charge in [-0.3, -0.25) is 0 Å². The molecule has 0 aliphatic heterocycles. The smallest absolute Gasteiger partial charge is 0.0509 e. The Morgan fingerprint density at radius 1 is 0.750 bits per heavy atom. The average molecular weight is 437 g/mol. The van der Waals surface area contributed by atoms with Crippen LogP contribution in [0.4, 0.5) is 0 Å². The molecule has 0 saturated heterocycles. The summed E-state index contributed by atoms with van der Waals surface area (Å²) in [5, 5.41) is 26.7. The summed E-state index contributed by atoms with van der Waals surface area (Å²) in [6.45, 7) is 15.9. The summed E-state index contributed by atoms with van der Waals surface area (Å²) in [6, 6.07) is 8.67. The molecule has 0 aliphatic rings. The van der Waals surface area contributed by atoms with Crippen molar-refractivity contribution in [3.8, 4) is 0 Å². The maximum absolute atomic E-state index is 8.36. The van der Waals surface area contributed by atoms with Crippen molar-refractivity contribution in [1.29, 1.82) is 0 Å². The monoisotopic (exact) mass is 435 g/mol. The van der Waals surface area contributed by atoms with Crippen molar-refractivity contribution in [3.63, 3.8) is 0 Å². The third-order valence-corrected chi connectivity index (χ3v) is 4.85. The minimum Gasteiger partial charge on any atom is -0.393 e. The van der Waals surface area contributed by atoms with Crippen LogP contribution in [0.1, 0.15) is 60.8 Å². The number of aliphatic hydroxyl groups is 3. The Kier molecular flexibility index (Phi) is 31.1. The fourth-order valence-electron chi connectivity index (χ4n) is 0.774. The molecule has 0 fully saturated rings.